The van der Waals surface area contributed by atoms with Crippen molar-refractivity contribution in [1.82, 2.24) is 10.3 Å². The lowest BCUT2D eigenvalue weighted by Gasteiger charge is -2.43. The van der Waals surface area contributed by atoms with Crippen molar-refractivity contribution < 1.29 is 0 Å². The van der Waals surface area contributed by atoms with Gasteiger partial charge in [-0.3, -0.25) is 11.3 Å². The van der Waals surface area contributed by atoms with Gasteiger partial charge in [-0.1, -0.05) is 19.8 Å². The molecule has 2 heterocycles. The molecule has 3 nitrogen and oxygen atoms in total. The summed E-state index contributed by atoms with van der Waals surface area (Å²) in [6, 6.07) is 2.24. The van der Waals surface area contributed by atoms with Gasteiger partial charge in [0, 0.05) is 18.1 Å². The number of piperidine rings is 1. The highest BCUT2D eigenvalue weighted by molar-refractivity contribution is 4.98. The van der Waals surface area contributed by atoms with Crippen molar-refractivity contribution in [3.05, 3.63) is 0 Å². The summed E-state index contributed by atoms with van der Waals surface area (Å²) in [6.45, 7) is 2.41. The molecule has 5 unspecified atom stereocenters. The number of nitrogens with one attached hydrogen (secondary N) is 1. The zero-order valence-electron chi connectivity index (χ0n) is 12.6. The Hall–Kier alpha value is -0.120. The maximum Gasteiger partial charge on any atom is 0.0268 e. The molecule has 3 rings (SSSR count). The van der Waals surface area contributed by atoms with Crippen LogP contribution in [0.5, 0.6) is 0 Å². The highest BCUT2D eigenvalue weighted by Crippen LogP contribution is 2.42. The van der Waals surface area contributed by atoms with Crippen molar-refractivity contribution in [3.8, 4) is 0 Å². The highest BCUT2D eigenvalue weighted by Gasteiger charge is 2.42. The van der Waals surface area contributed by atoms with Crippen LogP contribution >= 0.6 is 0 Å². The summed E-state index contributed by atoms with van der Waals surface area (Å²) in [5.74, 6) is 8.50. The van der Waals surface area contributed by atoms with Crippen LogP contribution in [0.25, 0.3) is 0 Å². The number of nitrogens with zero attached hydrogens (tertiary/aromatic N) is 1. The molecule has 2 bridgehead atoms. The fraction of sp³-hybridized carbons (Fsp3) is 1.00. The summed E-state index contributed by atoms with van der Waals surface area (Å²) in [7, 11) is 2.33. The van der Waals surface area contributed by atoms with E-state index in [1.54, 1.807) is 0 Å². The molecule has 0 radical (unpaired) electrons. The predicted molar refractivity (Wildman–Crippen MR) is 79.5 cm³/mol. The van der Waals surface area contributed by atoms with Crippen LogP contribution in [-0.4, -0.2) is 30.1 Å². The summed E-state index contributed by atoms with van der Waals surface area (Å²) < 4.78 is 0. The van der Waals surface area contributed by atoms with Gasteiger partial charge in [0.05, 0.1) is 0 Å². The normalized spacial score (nSPS) is 45.3. The fourth-order valence-corrected chi connectivity index (χ4v) is 5.21. The molecule has 2 saturated heterocycles. The van der Waals surface area contributed by atoms with E-state index in [0.717, 1.165) is 29.8 Å². The van der Waals surface area contributed by atoms with Gasteiger partial charge >= 0.3 is 0 Å². The monoisotopic (exact) mass is 265 g/mol. The van der Waals surface area contributed by atoms with Crippen LogP contribution in [0, 0.1) is 17.8 Å². The summed E-state index contributed by atoms with van der Waals surface area (Å²) in [6.07, 6.45) is 11.2. The SMILES string of the molecule is CC1CCCC(C(NN)C2CC3CCC(C2)N3C)C1. The van der Waals surface area contributed by atoms with Crippen molar-refractivity contribution >= 4 is 0 Å². The molecule has 1 aliphatic carbocycles. The van der Waals surface area contributed by atoms with Crippen LogP contribution in [0.15, 0.2) is 0 Å². The largest absolute Gasteiger partial charge is 0.300 e. The fourth-order valence-electron chi connectivity index (χ4n) is 5.21. The summed E-state index contributed by atoms with van der Waals surface area (Å²) in [4.78, 5) is 2.63. The molecular formula is C16H31N3. The molecule has 0 aromatic heterocycles. The minimum absolute atomic E-state index is 0.569. The topological polar surface area (TPSA) is 41.3 Å². The van der Waals surface area contributed by atoms with Gasteiger partial charge in [0.15, 0.2) is 0 Å². The Labute approximate surface area is 118 Å². The Morgan fingerprint density at radius 3 is 2.26 bits per heavy atom. The Kier molecular flexibility index (Phi) is 4.16. The van der Waals surface area contributed by atoms with E-state index in [2.05, 4.69) is 24.3 Å². The number of hydrazine groups is 1. The Morgan fingerprint density at radius 2 is 1.68 bits per heavy atom. The number of hydrogen-bond donors (Lipinski definition) is 2. The molecule has 2 aliphatic heterocycles. The number of nitrogens with two attached hydrogens (primary N) is 1. The smallest absolute Gasteiger partial charge is 0.0268 e. The van der Waals surface area contributed by atoms with E-state index >= 15 is 0 Å². The molecule has 3 aliphatic rings. The first-order valence-electron chi connectivity index (χ1n) is 8.37. The molecule has 0 amide bonds. The van der Waals surface area contributed by atoms with Gasteiger partial charge in [0.2, 0.25) is 0 Å². The second-order valence-corrected chi connectivity index (χ2v) is 7.51. The molecule has 3 N–H and O–H groups in total. The van der Waals surface area contributed by atoms with Gasteiger partial charge in [-0.05, 0) is 63.3 Å². The number of fused-ring (bicyclic) bond motifs is 2. The lowest BCUT2D eigenvalue weighted by atomic mass is 9.72. The van der Waals surface area contributed by atoms with Crippen LogP contribution in [0.2, 0.25) is 0 Å². The third kappa shape index (κ3) is 2.70. The van der Waals surface area contributed by atoms with Crippen molar-refractivity contribution in [1.29, 1.82) is 0 Å². The molecule has 1 saturated carbocycles. The minimum Gasteiger partial charge on any atom is -0.300 e. The van der Waals surface area contributed by atoms with Gasteiger partial charge in [-0.25, -0.2) is 0 Å². The third-order valence-electron chi connectivity index (χ3n) is 6.32. The van der Waals surface area contributed by atoms with E-state index < -0.39 is 0 Å². The van der Waals surface area contributed by atoms with Crippen molar-refractivity contribution in [3.63, 3.8) is 0 Å². The van der Waals surface area contributed by atoms with Gasteiger partial charge in [-0.15, -0.1) is 0 Å². The van der Waals surface area contributed by atoms with Crippen LogP contribution in [0.4, 0.5) is 0 Å². The molecule has 0 aromatic rings. The molecule has 3 fully saturated rings. The molecule has 110 valence electrons. The minimum atomic E-state index is 0.569. The van der Waals surface area contributed by atoms with E-state index in [1.807, 2.05) is 0 Å². The van der Waals surface area contributed by atoms with E-state index in [0.29, 0.717) is 6.04 Å². The average molecular weight is 265 g/mol. The van der Waals surface area contributed by atoms with Gasteiger partial charge < -0.3 is 4.90 Å². The summed E-state index contributed by atoms with van der Waals surface area (Å²) in [5, 5.41) is 0. The van der Waals surface area contributed by atoms with Gasteiger partial charge in [0.1, 0.15) is 0 Å². The quantitative estimate of drug-likeness (QED) is 0.608. The van der Waals surface area contributed by atoms with Crippen LogP contribution < -0.4 is 11.3 Å². The zero-order valence-corrected chi connectivity index (χ0v) is 12.6. The molecule has 5 atom stereocenters. The predicted octanol–water partition coefficient (Wildman–Crippen LogP) is 2.52. The van der Waals surface area contributed by atoms with Crippen LogP contribution in [-0.2, 0) is 0 Å². The Morgan fingerprint density at radius 1 is 1.00 bits per heavy atom. The summed E-state index contributed by atoms with van der Waals surface area (Å²) in [5.41, 5.74) is 3.23. The van der Waals surface area contributed by atoms with Crippen molar-refractivity contribution in [2.24, 2.45) is 23.6 Å². The number of hydrogen-bond acceptors (Lipinski definition) is 3. The first kappa shape index (κ1) is 13.8. The second kappa shape index (κ2) is 5.71. The standard InChI is InChI=1S/C16H31N3/c1-11-4-3-5-12(8-11)16(18-17)13-9-14-6-7-15(10-13)19(14)2/h11-16,18H,3-10,17H2,1-2H3. The Balaban J connectivity index is 1.66. The molecule has 0 aromatic carbocycles. The molecule has 19 heavy (non-hydrogen) atoms. The lowest BCUT2D eigenvalue weighted by Crippen LogP contribution is -2.52. The molecule has 3 heteroatoms. The molecular weight excluding hydrogens is 234 g/mol. The number of rotatable bonds is 3. The van der Waals surface area contributed by atoms with E-state index in [-0.39, 0.29) is 0 Å². The third-order valence-corrected chi connectivity index (χ3v) is 6.32. The van der Waals surface area contributed by atoms with E-state index in [4.69, 9.17) is 5.84 Å². The Bertz CT molecular complexity index is 292. The van der Waals surface area contributed by atoms with Gasteiger partial charge in [-0.2, -0.15) is 0 Å². The van der Waals surface area contributed by atoms with Crippen LogP contribution in [0.1, 0.15) is 58.3 Å². The lowest BCUT2D eigenvalue weighted by molar-refractivity contribution is 0.0808. The summed E-state index contributed by atoms with van der Waals surface area (Å²) >= 11 is 0. The maximum atomic E-state index is 5.96. The molecule has 0 spiro atoms. The van der Waals surface area contributed by atoms with E-state index in [9.17, 15) is 0 Å². The van der Waals surface area contributed by atoms with Crippen LogP contribution in [0.3, 0.4) is 0 Å². The van der Waals surface area contributed by atoms with Crippen molar-refractivity contribution in [2.45, 2.75) is 76.4 Å². The second-order valence-electron chi connectivity index (χ2n) is 7.51. The van der Waals surface area contributed by atoms with Gasteiger partial charge in [0.25, 0.3) is 0 Å². The first-order chi connectivity index (χ1) is 9.19. The van der Waals surface area contributed by atoms with E-state index in [1.165, 1.54) is 51.4 Å². The average Bonchev–Trinajstić information content (AvgIpc) is 2.63. The first-order valence-corrected chi connectivity index (χ1v) is 8.37. The maximum absolute atomic E-state index is 5.96. The highest BCUT2D eigenvalue weighted by atomic mass is 15.2. The van der Waals surface area contributed by atoms with Crippen molar-refractivity contribution in [2.75, 3.05) is 7.05 Å². The zero-order chi connectivity index (χ0) is 13.4.